The van der Waals surface area contributed by atoms with Crippen molar-refractivity contribution in [2.24, 2.45) is 0 Å². The summed E-state index contributed by atoms with van der Waals surface area (Å²) in [5, 5.41) is 0. The normalized spacial score (nSPS) is 18.5. The molecule has 0 bridgehead atoms. The number of fused-ring (bicyclic) bond motifs is 1. The maximum absolute atomic E-state index is 13.7. The second-order valence-corrected chi connectivity index (χ2v) is 8.60. The fraction of sp³-hybridized carbons (Fsp3) is 0.375. The van der Waals surface area contributed by atoms with E-state index in [1.54, 1.807) is 12.1 Å². The summed E-state index contributed by atoms with van der Waals surface area (Å²) in [7, 11) is 0. The van der Waals surface area contributed by atoms with Crippen molar-refractivity contribution in [1.82, 2.24) is 4.90 Å². The minimum absolute atomic E-state index is 0.157. The summed E-state index contributed by atoms with van der Waals surface area (Å²) >= 11 is 0. The molecule has 0 saturated heterocycles. The van der Waals surface area contributed by atoms with Crippen LogP contribution >= 0.6 is 0 Å². The van der Waals surface area contributed by atoms with E-state index in [-0.39, 0.29) is 17.8 Å². The fourth-order valence-electron chi connectivity index (χ4n) is 4.22. The number of amides is 2. The van der Waals surface area contributed by atoms with Gasteiger partial charge in [-0.25, -0.2) is 0 Å². The molecule has 6 nitrogen and oxygen atoms in total. The van der Waals surface area contributed by atoms with Crippen LogP contribution in [-0.4, -0.2) is 47.1 Å². The van der Waals surface area contributed by atoms with Crippen molar-refractivity contribution < 1.29 is 45.5 Å². The minimum Gasteiger partial charge on any atom is -0.406 e. The standard InChI is InChI=1S/C24H20F6N2O4/c25-23(26,27)12-21(34)32(15-7-8-15)19-11-20(33)17-3-1-2-4-18(17)31(22(19)35)13-14-5-9-16(10-6-14)36-24(28,29)30/h1-6,9-10,15,19H,7-8,11-13H2/t19-/m1/s1. The van der Waals surface area contributed by atoms with Crippen molar-refractivity contribution in [1.29, 1.82) is 0 Å². The molecule has 0 aromatic heterocycles. The molecule has 0 unspecified atom stereocenters. The van der Waals surface area contributed by atoms with Crippen molar-refractivity contribution in [2.75, 3.05) is 4.90 Å². The quantitative estimate of drug-likeness (QED) is 0.508. The molecule has 0 radical (unpaired) electrons. The first-order chi connectivity index (χ1) is 16.8. The van der Waals surface area contributed by atoms with E-state index >= 15 is 0 Å². The molecule has 4 rings (SSSR count). The summed E-state index contributed by atoms with van der Waals surface area (Å²) in [6, 6.07) is 8.79. The highest BCUT2D eigenvalue weighted by Gasteiger charge is 2.47. The molecular weight excluding hydrogens is 494 g/mol. The van der Waals surface area contributed by atoms with E-state index in [9.17, 15) is 40.7 Å². The number of halogens is 6. The lowest BCUT2D eigenvalue weighted by atomic mass is 10.0. The number of hydrogen-bond acceptors (Lipinski definition) is 4. The van der Waals surface area contributed by atoms with Crippen LogP contribution in [0.25, 0.3) is 0 Å². The summed E-state index contributed by atoms with van der Waals surface area (Å²) in [4.78, 5) is 41.4. The Bertz CT molecular complexity index is 1160. The zero-order chi connectivity index (χ0) is 26.3. The van der Waals surface area contributed by atoms with Gasteiger partial charge in [0.25, 0.3) is 5.91 Å². The van der Waals surface area contributed by atoms with Crippen molar-refractivity contribution in [3.8, 4) is 5.75 Å². The smallest absolute Gasteiger partial charge is 0.406 e. The van der Waals surface area contributed by atoms with Crippen LogP contribution in [0.1, 0.15) is 41.6 Å². The largest absolute Gasteiger partial charge is 0.573 e. The second-order valence-electron chi connectivity index (χ2n) is 8.60. The molecule has 1 aliphatic heterocycles. The molecule has 1 heterocycles. The fourth-order valence-corrected chi connectivity index (χ4v) is 4.22. The van der Waals surface area contributed by atoms with Crippen LogP contribution in [0.3, 0.4) is 0 Å². The van der Waals surface area contributed by atoms with E-state index < -0.39 is 60.8 Å². The summed E-state index contributed by atoms with van der Waals surface area (Å²) < 4.78 is 80.2. The molecule has 1 fully saturated rings. The van der Waals surface area contributed by atoms with Crippen LogP contribution in [0, 0.1) is 0 Å². The third-order valence-electron chi connectivity index (χ3n) is 5.84. The van der Waals surface area contributed by atoms with Crippen molar-refractivity contribution in [2.45, 2.75) is 56.9 Å². The Morgan fingerprint density at radius 3 is 2.19 bits per heavy atom. The monoisotopic (exact) mass is 514 g/mol. The zero-order valence-electron chi connectivity index (χ0n) is 18.6. The van der Waals surface area contributed by atoms with Gasteiger partial charge < -0.3 is 14.5 Å². The Labute approximate surface area is 201 Å². The van der Waals surface area contributed by atoms with E-state index in [0.717, 1.165) is 17.0 Å². The van der Waals surface area contributed by atoms with E-state index in [2.05, 4.69) is 4.74 Å². The highest BCUT2D eigenvalue weighted by molar-refractivity contribution is 6.13. The maximum atomic E-state index is 13.7. The molecule has 36 heavy (non-hydrogen) atoms. The number of Topliss-reactive ketones (excluding diaryl/α,β-unsaturated/α-hetero) is 1. The first kappa shape index (κ1) is 25.5. The number of ketones is 1. The molecule has 2 aliphatic rings. The molecule has 2 aromatic rings. The molecule has 12 heteroatoms. The summed E-state index contributed by atoms with van der Waals surface area (Å²) in [5.41, 5.74) is 0.731. The summed E-state index contributed by atoms with van der Waals surface area (Å²) in [6.07, 6.45) is -11.1. The first-order valence-corrected chi connectivity index (χ1v) is 11.0. The number of nitrogens with zero attached hydrogens (tertiary/aromatic N) is 2. The second kappa shape index (κ2) is 9.47. The number of benzene rings is 2. The third-order valence-corrected chi connectivity index (χ3v) is 5.84. The van der Waals surface area contributed by atoms with Gasteiger partial charge in [0.1, 0.15) is 18.2 Å². The Balaban J connectivity index is 1.67. The van der Waals surface area contributed by atoms with E-state index in [1.165, 1.54) is 29.2 Å². The number of para-hydroxylation sites is 1. The molecule has 1 atom stereocenters. The van der Waals surface area contributed by atoms with E-state index in [0.29, 0.717) is 18.4 Å². The van der Waals surface area contributed by atoms with Gasteiger partial charge in [0.2, 0.25) is 5.91 Å². The van der Waals surface area contributed by atoms with Crippen LogP contribution < -0.4 is 9.64 Å². The number of alkyl halides is 6. The third kappa shape index (κ3) is 5.97. The SMILES string of the molecule is O=C1C[C@@H](N(C(=O)CC(F)(F)F)C2CC2)C(=O)N(Cc2ccc(OC(F)(F)F)cc2)c2ccccc21. The van der Waals surface area contributed by atoms with Crippen molar-refractivity contribution in [3.63, 3.8) is 0 Å². The van der Waals surface area contributed by atoms with Gasteiger partial charge in [-0.15, -0.1) is 13.2 Å². The zero-order valence-corrected chi connectivity index (χ0v) is 18.6. The maximum Gasteiger partial charge on any atom is 0.573 e. The predicted molar refractivity (Wildman–Crippen MR) is 114 cm³/mol. The highest BCUT2D eigenvalue weighted by atomic mass is 19.4. The topological polar surface area (TPSA) is 66.9 Å². The molecule has 0 N–H and O–H groups in total. The molecule has 1 aliphatic carbocycles. The summed E-state index contributed by atoms with van der Waals surface area (Å²) in [6.45, 7) is -0.197. The number of hydrogen-bond donors (Lipinski definition) is 0. The number of carbonyl (C=O) groups is 3. The minimum atomic E-state index is -4.88. The first-order valence-electron chi connectivity index (χ1n) is 11.0. The lowest BCUT2D eigenvalue weighted by Crippen LogP contribution is -2.52. The number of anilines is 1. The molecule has 2 amide bonds. The predicted octanol–water partition coefficient (Wildman–Crippen LogP) is 5.02. The molecule has 192 valence electrons. The summed E-state index contributed by atoms with van der Waals surface area (Å²) in [5.74, 6) is -3.01. The van der Waals surface area contributed by atoms with Gasteiger partial charge in [-0.05, 0) is 42.7 Å². The van der Waals surface area contributed by atoms with Gasteiger partial charge in [-0.2, -0.15) is 13.2 Å². The van der Waals surface area contributed by atoms with E-state index in [1.807, 2.05) is 0 Å². The molecule has 2 aromatic carbocycles. The molecule has 1 saturated carbocycles. The lowest BCUT2D eigenvalue weighted by Gasteiger charge is -2.33. The van der Waals surface area contributed by atoms with Crippen LogP contribution in [0.2, 0.25) is 0 Å². The average molecular weight is 514 g/mol. The lowest BCUT2D eigenvalue weighted by molar-refractivity contribution is -0.274. The van der Waals surface area contributed by atoms with Crippen molar-refractivity contribution >= 4 is 23.3 Å². The van der Waals surface area contributed by atoms with Gasteiger partial charge in [0.05, 0.1) is 12.2 Å². The molecular formula is C24H20F6N2O4. The van der Waals surface area contributed by atoms with Crippen LogP contribution in [-0.2, 0) is 16.1 Å². The van der Waals surface area contributed by atoms with Crippen molar-refractivity contribution in [3.05, 3.63) is 59.7 Å². The van der Waals surface area contributed by atoms with Gasteiger partial charge in [-0.1, -0.05) is 24.3 Å². The number of carbonyl (C=O) groups excluding carboxylic acids is 3. The Kier molecular flexibility index (Phi) is 6.72. The van der Waals surface area contributed by atoms with Gasteiger partial charge in [-0.3, -0.25) is 14.4 Å². The van der Waals surface area contributed by atoms with Crippen LogP contribution in [0.15, 0.2) is 48.5 Å². The number of ether oxygens (including phenoxy) is 1. The van der Waals surface area contributed by atoms with Gasteiger partial charge in [0, 0.05) is 18.0 Å². The molecule has 0 spiro atoms. The van der Waals surface area contributed by atoms with Gasteiger partial charge in [0.15, 0.2) is 5.78 Å². The Morgan fingerprint density at radius 1 is 0.972 bits per heavy atom. The Hall–Kier alpha value is -3.57. The van der Waals surface area contributed by atoms with E-state index in [4.69, 9.17) is 0 Å². The Morgan fingerprint density at radius 2 is 1.61 bits per heavy atom. The van der Waals surface area contributed by atoms with Crippen LogP contribution in [0.4, 0.5) is 32.0 Å². The van der Waals surface area contributed by atoms with Gasteiger partial charge >= 0.3 is 12.5 Å². The number of rotatable bonds is 6. The highest BCUT2D eigenvalue weighted by Crippen LogP contribution is 2.37. The van der Waals surface area contributed by atoms with Crippen LogP contribution in [0.5, 0.6) is 5.75 Å². The average Bonchev–Trinajstić information content (AvgIpc) is 3.60.